The highest BCUT2D eigenvalue weighted by Crippen LogP contribution is 2.32. The van der Waals surface area contributed by atoms with Crippen LogP contribution in [0.2, 0.25) is 0 Å². The maximum Gasteiger partial charge on any atom is 0.173 e. The topological polar surface area (TPSA) is 57.9 Å². The molecule has 8 heteroatoms. The third kappa shape index (κ3) is 14.6. The van der Waals surface area contributed by atoms with E-state index in [9.17, 15) is 18.4 Å². The summed E-state index contributed by atoms with van der Waals surface area (Å²) in [5, 5.41) is 11.8. The molecule has 0 saturated carbocycles. The molecule has 0 bridgehead atoms. The molecule has 3 nitrogen and oxygen atoms in total. The number of rotatable bonds is 9. The Kier molecular flexibility index (Phi) is 21.4. The molecule has 0 saturated heterocycles. The lowest BCUT2D eigenvalue weighted by Gasteiger charge is -2.18. The Morgan fingerprint density at radius 3 is 1.17 bits per heavy atom. The van der Waals surface area contributed by atoms with Crippen molar-refractivity contribution >= 4 is 51.3 Å². The maximum absolute atomic E-state index is 12.1. The third-order valence-electron chi connectivity index (χ3n) is 6.35. The normalized spacial score (nSPS) is 9.47. The summed E-state index contributed by atoms with van der Waals surface area (Å²) in [6, 6.07) is 47.2. The van der Waals surface area contributed by atoms with Crippen LogP contribution in [0.1, 0.15) is 52.1 Å². The lowest BCUT2D eigenvalue weighted by molar-refractivity contribution is -0.0000255. The predicted octanol–water partition coefficient (Wildman–Crippen LogP) is 6.46. The molecule has 0 spiro atoms. The van der Waals surface area contributed by atoms with Gasteiger partial charge in [-0.1, -0.05) is 162 Å². The van der Waals surface area contributed by atoms with Crippen molar-refractivity contribution in [2.75, 3.05) is 5.33 Å². The zero-order valence-electron chi connectivity index (χ0n) is 26.3. The summed E-state index contributed by atoms with van der Waals surface area (Å²) in [6.45, 7) is 2.29. The lowest BCUT2D eigenvalue weighted by Crippen LogP contribution is -3.00. The number of ketones is 2. The van der Waals surface area contributed by atoms with Gasteiger partial charge in [0.25, 0.3) is 0 Å². The lowest BCUT2D eigenvalue weighted by atomic mass is 10.1. The number of nitrogens with zero attached hydrogens (tertiary/aromatic N) is 1. The highest BCUT2D eigenvalue weighted by atomic mass is 79.9. The molecule has 244 valence electrons. The summed E-state index contributed by atoms with van der Waals surface area (Å²) < 4.78 is 24.1. The first-order valence-electron chi connectivity index (χ1n) is 14.6. The van der Waals surface area contributed by atoms with Gasteiger partial charge in [-0.25, -0.2) is 8.78 Å². The highest BCUT2D eigenvalue weighted by molar-refractivity contribution is 9.09. The number of carbonyl (C=O) groups excluding carboxylic acids is 2. The van der Waals surface area contributed by atoms with Gasteiger partial charge in [0.15, 0.2) is 11.6 Å². The molecular weight excluding hydrogens is 743 g/mol. The van der Waals surface area contributed by atoms with Crippen molar-refractivity contribution in [1.82, 2.24) is 0 Å². The van der Waals surface area contributed by atoms with Gasteiger partial charge in [0.05, 0.1) is 11.4 Å². The summed E-state index contributed by atoms with van der Waals surface area (Å²) in [5.41, 5.74) is 2.49. The quantitative estimate of drug-likeness (QED) is 0.0982. The molecule has 5 rings (SSSR count). The minimum absolute atomic E-state index is 0. The van der Waals surface area contributed by atoms with E-state index in [0.717, 1.165) is 0 Å². The fourth-order valence-electron chi connectivity index (χ4n) is 4.02. The van der Waals surface area contributed by atoms with Crippen LogP contribution in [-0.4, -0.2) is 16.9 Å². The highest BCUT2D eigenvalue weighted by Gasteiger charge is 2.15. The van der Waals surface area contributed by atoms with E-state index in [1.807, 2.05) is 6.92 Å². The van der Waals surface area contributed by atoms with Crippen molar-refractivity contribution in [1.29, 1.82) is 5.26 Å². The van der Waals surface area contributed by atoms with Crippen LogP contribution < -0.4 is 32.9 Å². The van der Waals surface area contributed by atoms with Gasteiger partial charge in [-0.05, 0) is 35.0 Å². The van der Waals surface area contributed by atoms with Crippen LogP contribution in [0.3, 0.4) is 0 Å². The Hall–Kier alpha value is -3.82. The summed E-state index contributed by atoms with van der Waals surface area (Å²) in [5.74, 6) is 0.112. The second-order valence-corrected chi connectivity index (χ2v) is 12.3. The first-order chi connectivity index (χ1) is 22.4. The van der Waals surface area contributed by atoms with E-state index < -0.39 is 21.3 Å². The van der Waals surface area contributed by atoms with Crippen LogP contribution in [0.5, 0.6) is 0 Å². The minimum atomic E-state index is -0.483. The van der Waals surface area contributed by atoms with Crippen LogP contribution in [-0.2, 0) is 13.3 Å². The van der Waals surface area contributed by atoms with E-state index in [0.29, 0.717) is 34.0 Å². The van der Waals surface area contributed by atoms with E-state index >= 15 is 0 Å². The van der Waals surface area contributed by atoms with Crippen molar-refractivity contribution in [2.24, 2.45) is 0 Å². The molecule has 0 fully saturated rings. The Labute approximate surface area is 297 Å². The second kappa shape index (κ2) is 24.4. The SMILES string of the molecule is CC#N.CCC(=O)c1ccc(CF)cc1.O=C(CBr)c1ccc(CF)cc1.[Br-].c1ccc(P(c2ccccc2)c2ccccc2)cc1. The number of hydrogen-bond donors (Lipinski definition) is 0. The molecule has 0 aliphatic rings. The van der Waals surface area contributed by atoms with E-state index in [4.69, 9.17) is 5.26 Å². The van der Waals surface area contributed by atoms with Crippen molar-refractivity contribution in [3.8, 4) is 6.07 Å². The van der Waals surface area contributed by atoms with E-state index in [2.05, 4.69) is 107 Å². The summed E-state index contributed by atoms with van der Waals surface area (Å²) in [6.07, 6.45) is 0.495. The van der Waals surface area contributed by atoms with Gasteiger partial charge in [-0.15, -0.1) is 0 Å². The number of halogens is 4. The van der Waals surface area contributed by atoms with Gasteiger partial charge < -0.3 is 17.0 Å². The predicted molar refractivity (Wildman–Crippen MR) is 192 cm³/mol. The van der Waals surface area contributed by atoms with Crippen LogP contribution in [0.15, 0.2) is 140 Å². The van der Waals surface area contributed by atoms with Crippen LogP contribution in [0.25, 0.3) is 0 Å². The average Bonchev–Trinajstić information content (AvgIpc) is 3.13. The number of hydrogen-bond acceptors (Lipinski definition) is 3. The van der Waals surface area contributed by atoms with Crippen LogP contribution in [0, 0.1) is 11.3 Å². The molecule has 0 aromatic heterocycles. The van der Waals surface area contributed by atoms with Gasteiger partial charge in [0.2, 0.25) is 0 Å². The Balaban J connectivity index is 0.000000348. The number of nitriles is 1. The number of carbonyl (C=O) groups is 2. The molecule has 0 atom stereocenters. The number of alkyl halides is 3. The molecule has 0 aliphatic carbocycles. The van der Waals surface area contributed by atoms with E-state index in [-0.39, 0.29) is 28.5 Å². The fourth-order valence-corrected chi connectivity index (χ4v) is 6.65. The maximum atomic E-state index is 12.1. The van der Waals surface area contributed by atoms with E-state index in [1.54, 1.807) is 54.6 Å². The van der Waals surface area contributed by atoms with Gasteiger partial charge in [-0.3, -0.25) is 9.59 Å². The zero-order chi connectivity index (χ0) is 33.6. The van der Waals surface area contributed by atoms with Crippen LogP contribution in [0.4, 0.5) is 8.78 Å². The minimum Gasteiger partial charge on any atom is -1.00 e. The molecule has 5 aromatic carbocycles. The number of benzene rings is 5. The number of Topliss-reactive ketones (excluding diaryl/α,β-unsaturated/α-hetero) is 2. The largest absolute Gasteiger partial charge is 1.00 e. The molecule has 0 unspecified atom stereocenters. The zero-order valence-corrected chi connectivity index (χ0v) is 30.4. The molecule has 0 aliphatic heterocycles. The van der Waals surface area contributed by atoms with Crippen LogP contribution >= 0.6 is 23.9 Å². The molecule has 0 amide bonds. The van der Waals surface area contributed by atoms with Gasteiger partial charge in [0, 0.05) is 24.5 Å². The molecule has 47 heavy (non-hydrogen) atoms. The van der Waals surface area contributed by atoms with Gasteiger partial charge in [0.1, 0.15) is 13.3 Å². The van der Waals surface area contributed by atoms with Crippen molar-refractivity contribution in [2.45, 2.75) is 33.6 Å². The smallest absolute Gasteiger partial charge is 0.173 e. The standard InChI is InChI=1S/C18H15P.C10H11FO.C9H8BrFO.C2H3N.BrH/c1-4-10-16(11-5-1)19(17-12-6-2-7-13-17)18-14-8-3-9-15-18;1-2-10(12)9-5-3-8(7-11)4-6-9;10-5-9(12)8-3-1-7(6-11)2-4-8;1-2-3;/h1-15H;3-6H,2,7H2,1H3;1-4H,5-6H2;1H3;1H/p-1. The average molecular weight is 781 g/mol. The molecule has 5 aromatic rings. The fraction of sp³-hybridized carbons (Fsp3) is 0.154. The summed E-state index contributed by atoms with van der Waals surface area (Å²) >= 11 is 3.06. The van der Waals surface area contributed by atoms with Crippen molar-refractivity contribution < 1.29 is 35.4 Å². The van der Waals surface area contributed by atoms with Gasteiger partial charge >= 0.3 is 0 Å². The Bertz CT molecular complexity index is 1460. The second-order valence-electron chi connectivity index (χ2n) is 9.56. The molecule has 0 radical (unpaired) electrons. The third-order valence-corrected chi connectivity index (χ3v) is 9.30. The molecule has 0 N–H and O–H groups in total. The Morgan fingerprint density at radius 2 is 0.915 bits per heavy atom. The summed E-state index contributed by atoms with van der Waals surface area (Å²) in [4.78, 5) is 22.2. The Morgan fingerprint density at radius 1 is 0.617 bits per heavy atom. The molecular formula is C39H37Br2F2NO2P-. The van der Waals surface area contributed by atoms with Crippen molar-refractivity contribution in [3.05, 3.63) is 162 Å². The molecule has 0 heterocycles. The van der Waals surface area contributed by atoms with Gasteiger partial charge in [-0.2, -0.15) is 5.26 Å². The van der Waals surface area contributed by atoms with Crippen molar-refractivity contribution in [3.63, 3.8) is 0 Å². The van der Waals surface area contributed by atoms with E-state index in [1.165, 1.54) is 22.8 Å². The monoisotopic (exact) mass is 778 g/mol. The summed E-state index contributed by atoms with van der Waals surface area (Å²) in [7, 11) is -0.446. The first kappa shape index (κ1) is 41.2. The first-order valence-corrected chi connectivity index (χ1v) is 17.1.